The molecule has 3 aliphatic carbocycles. The lowest BCUT2D eigenvalue weighted by Gasteiger charge is -2.29. The molecule has 4 atom stereocenters. The van der Waals surface area contributed by atoms with E-state index in [1.165, 1.54) is 0 Å². The second-order valence-corrected chi connectivity index (χ2v) is 9.52. The number of halogens is 2. The third-order valence-electron chi connectivity index (χ3n) is 8.15. The minimum atomic E-state index is -0.486. The van der Waals surface area contributed by atoms with Gasteiger partial charge in [-0.05, 0) is 60.1 Å². The molecule has 2 fully saturated rings. The number of aromatic nitrogens is 2. The first-order valence-electron chi connectivity index (χ1n) is 11.0. The Morgan fingerprint density at radius 2 is 2.16 bits per heavy atom. The molecule has 0 radical (unpaired) electrons. The number of benzene rings is 1. The summed E-state index contributed by atoms with van der Waals surface area (Å²) in [4.78, 5) is 2.10. The molecule has 3 heterocycles. The van der Waals surface area contributed by atoms with E-state index in [1.54, 1.807) is 10.7 Å². The molecule has 3 N–H and O–H groups in total. The number of fused-ring (bicyclic) bond motifs is 6. The van der Waals surface area contributed by atoms with Crippen molar-refractivity contribution in [3.63, 3.8) is 0 Å². The number of hydrogen-bond donors (Lipinski definition) is 2. The molecular weight excluding hydrogens is 408 g/mol. The molecule has 1 saturated carbocycles. The predicted molar refractivity (Wildman–Crippen MR) is 117 cm³/mol. The van der Waals surface area contributed by atoms with Gasteiger partial charge in [-0.25, -0.2) is 13.5 Å². The highest BCUT2D eigenvalue weighted by Gasteiger charge is 2.60. The van der Waals surface area contributed by atoms with E-state index in [-0.39, 0.29) is 23.8 Å². The molecular formula is C25H21F2N5. The maximum Gasteiger partial charge on any atom is 0.146 e. The molecule has 1 spiro atoms. The highest BCUT2D eigenvalue weighted by molar-refractivity contribution is 6.06. The van der Waals surface area contributed by atoms with Crippen LogP contribution in [-0.4, -0.2) is 39.7 Å². The average Bonchev–Trinajstić information content (AvgIpc) is 3.15. The van der Waals surface area contributed by atoms with Gasteiger partial charge in [0, 0.05) is 29.3 Å². The number of hydrogen-bond acceptors (Lipinski definition) is 4. The topological polar surface area (TPSA) is 70.9 Å². The zero-order valence-electron chi connectivity index (χ0n) is 17.4. The van der Waals surface area contributed by atoms with Gasteiger partial charge < -0.3 is 16.0 Å². The normalized spacial score (nSPS) is 32.6. The maximum absolute atomic E-state index is 15.0. The van der Waals surface area contributed by atoms with E-state index in [4.69, 9.17) is 11.1 Å². The second-order valence-electron chi connectivity index (χ2n) is 9.52. The highest BCUT2D eigenvalue weighted by Crippen LogP contribution is 2.66. The Morgan fingerprint density at radius 3 is 2.94 bits per heavy atom. The van der Waals surface area contributed by atoms with E-state index >= 15 is 0 Å². The first kappa shape index (κ1) is 18.2. The summed E-state index contributed by atoms with van der Waals surface area (Å²) >= 11 is 0. The largest absolute Gasteiger partial charge is 0.383 e. The zero-order chi connectivity index (χ0) is 21.9. The fourth-order valence-electron chi connectivity index (χ4n) is 6.67. The van der Waals surface area contributed by atoms with Crippen LogP contribution < -0.4 is 5.73 Å². The molecule has 2 aliphatic heterocycles. The number of nitrogens with one attached hydrogen (secondary N) is 1. The molecule has 5 nitrogen and oxygen atoms in total. The van der Waals surface area contributed by atoms with Gasteiger partial charge in [-0.2, -0.15) is 5.10 Å². The van der Waals surface area contributed by atoms with Crippen molar-refractivity contribution in [2.75, 3.05) is 19.0 Å². The summed E-state index contributed by atoms with van der Waals surface area (Å²) in [6.45, 7) is 4.16. The van der Waals surface area contributed by atoms with Crippen molar-refractivity contribution in [3.05, 3.63) is 69.8 Å². The number of allylic oxidation sites excluding steroid dienone is 2. The molecule has 2 aromatic rings. The Morgan fingerprint density at radius 1 is 1.34 bits per heavy atom. The molecule has 160 valence electrons. The van der Waals surface area contributed by atoms with E-state index in [2.05, 4.69) is 28.4 Å². The lowest BCUT2D eigenvalue weighted by atomic mass is 9.90. The van der Waals surface area contributed by atoms with Crippen LogP contribution in [0.4, 0.5) is 14.6 Å². The average molecular weight is 429 g/mol. The van der Waals surface area contributed by atoms with Crippen molar-refractivity contribution in [3.8, 4) is 11.8 Å². The molecule has 2 unspecified atom stereocenters. The van der Waals surface area contributed by atoms with Gasteiger partial charge in [0.15, 0.2) is 0 Å². The van der Waals surface area contributed by atoms with Crippen LogP contribution in [0.3, 0.4) is 0 Å². The first-order valence-corrected chi connectivity index (χ1v) is 11.0. The van der Waals surface area contributed by atoms with Crippen LogP contribution in [0, 0.1) is 29.0 Å². The third-order valence-corrected chi connectivity index (χ3v) is 8.15. The van der Waals surface area contributed by atoms with Crippen LogP contribution in [0.25, 0.3) is 0 Å². The van der Waals surface area contributed by atoms with Gasteiger partial charge >= 0.3 is 0 Å². The lowest BCUT2D eigenvalue weighted by Crippen LogP contribution is -2.32. The van der Waals surface area contributed by atoms with E-state index in [0.717, 1.165) is 22.4 Å². The summed E-state index contributed by atoms with van der Waals surface area (Å²) in [5.74, 6) is 5.89. The molecule has 7 rings (SSSR count). The van der Waals surface area contributed by atoms with Gasteiger partial charge in [0.2, 0.25) is 0 Å². The summed E-state index contributed by atoms with van der Waals surface area (Å²) in [7, 11) is 0. The molecule has 1 aromatic carbocycles. The van der Waals surface area contributed by atoms with Gasteiger partial charge in [0.05, 0.1) is 23.2 Å². The van der Waals surface area contributed by atoms with E-state index < -0.39 is 12.1 Å². The van der Waals surface area contributed by atoms with Crippen molar-refractivity contribution < 1.29 is 8.78 Å². The minimum absolute atomic E-state index is 0.112. The molecule has 9 bridgehead atoms. The van der Waals surface area contributed by atoms with Crippen LogP contribution in [0.5, 0.6) is 0 Å². The Bertz CT molecular complexity index is 1370. The Labute approximate surface area is 184 Å². The SMILES string of the molecule is C=C/C1=C2/CC3CC24c2cc(F)c(cc24)C#Cc2nn(c(N)c2C3=N)[C@H]2C[C@H](CF)N1C2. The summed E-state index contributed by atoms with van der Waals surface area (Å²) in [6.07, 6.45) is 3.67. The molecule has 7 heteroatoms. The quantitative estimate of drug-likeness (QED) is 0.719. The fourth-order valence-corrected chi connectivity index (χ4v) is 6.67. The van der Waals surface area contributed by atoms with Crippen LogP contribution in [0.15, 0.2) is 36.1 Å². The van der Waals surface area contributed by atoms with Crippen molar-refractivity contribution in [1.82, 2.24) is 14.7 Å². The second kappa shape index (κ2) is 5.69. The monoisotopic (exact) mass is 429 g/mol. The van der Waals surface area contributed by atoms with Crippen molar-refractivity contribution in [2.24, 2.45) is 5.92 Å². The number of nitrogen functional groups attached to an aromatic ring is 1. The summed E-state index contributed by atoms with van der Waals surface area (Å²) in [5, 5.41) is 13.8. The van der Waals surface area contributed by atoms with Gasteiger partial charge in [-0.15, -0.1) is 0 Å². The predicted octanol–water partition coefficient (Wildman–Crippen LogP) is 3.43. The van der Waals surface area contributed by atoms with E-state index in [0.29, 0.717) is 54.2 Å². The summed E-state index contributed by atoms with van der Waals surface area (Å²) in [5.41, 5.74) is 11.9. The van der Waals surface area contributed by atoms with Crippen LogP contribution in [-0.2, 0) is 5.41 Å². The molecule has 5 aliphatic rings. The Hall–Kier alpha value is -3.40. The summed E-state index contributed by atoms with van der Waals surface area (Å²) < 4.78 is 30.9. The number of rotatable bonds is 2. The molecule has 1 aromatic heterocycles. The third kappa shape index (κ3) is 1.95. The van der Waals surface area contributed by atoms with Crippen LogP contribution in [0.1, 0.15) is 53.3 Å². The smallest absolute Gasteiger partial charge is 0.146 e. The lowest BCUT2D eigenvalue weighted by molar-refractivity contribution is 0.265. The number of nitrogens with two attached hydrogens (primary N) is 1. The van der Waals surface area contributed by atoms with Gasteiger partial charge in [0.25, 0.3) is 0 Å². The standard InChI is InChI=1S/C25H21F2N5/c1-2-21-18-6-13-9-25(18)16-5-12(19(27)8-17(16)25)3-4-20-22(23(13)28)24(29)32(30-20)15-7-14(10-26)31(21)11-15/h2,5,8,13-15,28H,1,6-7,9-11,29H2/b21-18+,28-23?/t13?,14-,15+,25?/m1/s1. The number of nitrogens with zero attached hydrogens (tertiary/aromatic N) is 3. The molecule has 32 heavy (non-hydrogen) atoms. The molecule has 1 saturated heterocycles. The minimum Gasteiger partial charge on any atom is -0.383 e. The first-order chi connectivity index (χ1) is 15.5. The number of alkyl halides is 1. The van der Waals surface area contributed by atoms with E-state index in [1.807, 2.05) is 12.1 Å². The van der Waals surface area contributed by atoms with Gasteiger partial charge in [-0.3, -0.25) is 0 Å². The number of anilines is 1. The van der Waals surface area contributed by atoms with Crippen molar-refractivity contribution in [1.29, 1.82) is 5.41 Å². The van der Waals surface area contributed by atoms with Crippen LogP contribution in [0.2, 0.25) is 0 Å². The van der Waals surface area contributed by atoms with Gasteiger partial charge in [-0.1, -0.05) is 12.5 Å². The van der Waals surface area contributed by atoms with Crippen LogP contribution >= 0.6 is 0 Å². The summed E-state index contributed by atoms with van der Waals surface area (Å²) in [6, 6.07) is 3.00. The van der Waals surface area contributed by atoms with Crippen molar-refractivity contribution in [2.45, 2.75) is 36.8 Å². The van der Waals surface area contributed by atoms with Crippen molar-refractivity contribution >= 4 is 11.5 Å². The fraction of sp³-hybridized carbons (Fsp3) is 0.360. The van der Waals surface area contributed by atoms with E-state index in [9.17, 15) is 8.78 Å². The Kier molecular flexibility index (Phi) is 3.23. The highest BCUT2D eigenvalue weighted by atomic mass is 19.1. The Balaban J connectivity index is 1.62. The zero-order valence-corrected chi connectivity index (χ0v) is 17.4. The maximum atomic E-state index is 15.0. The molecule has 0 amide bonds. The van der Waals surface area contributed by atoms with Gasteiger partial charge in [0.1, 0.15) is 24.0 Å².